The summed E-state index contributed by atoms with van der Waals surface area (Å²) in [5, 5.41) is 3.22. The molecule has 21 heavy (non-hydrogen) atoms. The zero-order valence-corrected chi connectivity index (χ0v) is 12.6. The first-order valence-corrected chi connectivity index (χ1v) is 7.37. The van der Waals surface area contributed by atoms with Crippen molar-refractivity contribution in [2.45, 2.75) is 46.1 Å². The molecule has 3 rings (SSSR count). The first-order chi connectivity index (χ1) is 9.78. The van der Waals surface area contributed by atoms with E-state index in [1.54, 1.807) is 0 Å². The normalized spacial score (nSPS) is 33.2. The Balaban J connectivity index is 1.93. The zero-order chi connectivity index (χ0) is 15.4. The standard InChI is InChI=1S/C15H22F2N4/c1-14(2)8-4-5-15(3,7-8)13(14)20-11-9(16)6-10(17)12(19-11)21-18/h6,8,13H,4-5,7,18H2,1-3H3,(H2,19,20,21). The molecule has 1 aromatic rings. The van der Waals surface area contributed by atoms with Crippen molar-refractivity contribution >= 4 is 11.6 Å². The Morgan fingerprint density at radius 1 is 1.24 bits per heavy atom. The molecule has 2 bridgehead atoms. The highest BCUT2D eigenvalue weighted by molar-refractivity contribution is 5.48. The molecule has 2 aliphatic rings. The number of hydrogen-bond acceptors (Lipinski definition) is 4. The fourth-order valence-corrected chi connectivity index (χ4v) is 4.47. The zero-order valence-electron chi connectivity index (χ0n) is 12.6. The van der Waals surface area contributed by atoms with Crippen LogP contribution in [-0.4, -0.2) is 11.0 Å². The van der Waals surface area contributed by atoms with Gasteiger partial charge in [-0.3, -0.25) is 0 Å². The minimum absolute atomic E-state index is 0.0613. The highest BCUT2D eigenvalue weighted by Gasteiger charge is 2.59. The number of nitrogens with zero attached hydrogens (tertiary/aromatic N) is 1. The van der Waals surface area contributed by atoms with E-state index in [-0.39, 0.29) is 28.5 Å². The van der Waals surface area contributed by atoms with Crippen molar-refractivity contribution in [3.05, 3.63) is 17.7 Å². The van der Waals surface area contributed by atoms with Crippen molar-refractivity contribution in [3.63, 3.8) is 0 Å². The highest BCUT2D eigenvalue weighted by Crippen LogP contribution is 2.63. The van der Waals surface area contributed by atoms with Crippen molar-refractivity contribution in [1.29, 1.82) is 0 Å². The summed E-state index contributed by atoms with van der Waals surface area (Å²) in [5.41, 5.74) is 2.35. The molecule has 2 fully saturated rings. The smallest absolute Gasteiger partial charge is 0.178 e. The van der Waals surface area contributed by atoms with Gasteiger partial charge in [-0.05, 0) is 36.0 Å². The van der Waals surface area contributed by atoms with Crippen LogP contribution < -0.4 is 16.6 Å². The molecule has 0 spiro atoms. The molecule has 6 heteroatoms. The molecule has 3 unspecified atom stereocenters. The monoisotopic (exact) mass is 296 g/mol. The van der Waals surface area contributed by atoms with Crippen LogP contribution in [0, 0.1) is 28.4 Å². The van der Waals surface area contributed by atoms with Crippen molar-refractivity contribution in [3.8, 4) is 0 Å². The highest BCUT2D eigenvalue weighted by atomic mass is 19.1. The lowest BCUT2D eigenvalue weighted by molar-refractivity contribution is 0.155. The second kappa shape index (κ2) is 4.53. The molecular weight excluding hydrogens is 274 g/mol. The average molecular weight is 296 g/mol. The Morgan fingerprint density at radius 3 is 2.48 bits per heavy atom. The van der Waals surface area contributed by atoms with Gasteiger partial charge in [-0.25, -0.2) is 19.6 Å². The predicted octanol–water partition coefficient (Wildman–Crippen LogP) is 3.27. The van der Waals surface area contributed by atoms with Crippen molar-refractivity contribution in [1.82, 2.24) is 4.98 Å². The van der Waals surface area contributed by atoms with Crippen LogP contribution in [-0.2, 0) is 0 Å². The molecule has 0 saturated heterocycles. The Hall–Kier alpha value is -1.43. The van der Waals surface area contributed by atoms with Crippen LogP contribution in [0.15, 0.2) is 6.07 Å². The van der Waals surface area contributed by atoms with Gasteiger partial charge in [-0.2, -0.15) is 0 Å². The summed E-state index contributed by atoms with van der Waals surface area (Å²) >= 11 is 0. The fraction of sp³-hybridized carbons (Fsp3) is 0.667. The molecule has 1 heterocycles. The molecule has 0 aromatic carbocycles. The second-order valence-electron chi connectivity index (χ2n) is 7.29. The number of rotatable bonds is 3. The van der Waals surface area contributed by atoms with Crippen LogP contribution in [0.5, 0.6) is 0 Å². The van der Waals surface area contributed by atoms with Gasteiger partial charge < -0.3 is 10.7 Å². The first kappa shape index (κ1) is 14.5. The number of aromatic nitrogens is 1. The number of nitrogen functional groups attached to an aromatic ring is 1. The first-order valence-electron chi connectivity index (χ1n) is 7.37. The van der Waals surface area contributed by atoms with Crippen LogP contribution >= 0.6 is 0 Å². The van der Waals surface area contributed by atoms with E-state index in [0.717, 1.165) is 18.9 Å². The summed E-state index contributed by atoms with van der Waals surface area (Å²) in [6, 6.07) is 0.925. The third-order valence-electron chi connectivity index (χ3n) is 5.62. The molecule has 2 aliphatic carbocycles. The van der Waals surface area contributed by atoms with Gasteiger partial charge in [0.25, 0.3) is 0 Å². The third kappa shape index (κ3) is 2.08. The van der Waals surface area contributed by atoms with Gasteiger partial charge in [-0.15, -0.1) is 0 Å². The summed E-state index contributed by atoms with van der Waals surface area (Å²) in [6.07, 6.45) is 3.49. The Bertz CT molecular complexity index is 570. The van der Waals surface area contributed by atoms with E-state index in [1.807, 2.05) is 0 Å². The number of hydrogen-bond donors (Lipinski definition) is 3. The lowest BCUT2D eigenvalue weighted by Crippen LogP contribution is -2.46. The number of anilines is 2. The molecule has 0 aliphatic heterocycles. The largest absolute Gasteiger partial charge is 0.364 e. The lowest BCUT2D eigenvalue weighted by Gasteiger charge is -2.43. The van der Waals surface area contributed by atoms with Crippen LogP contribution in [0.4, 0.5) is 20.4 Å². The summed E-state index contributed by atoms with van der Waals surface area (Å²) < 4.78 is 27.5. The maximum atomic E-state index is 14.0. The lowest BCUT2D eigenvalue weighted by atomic mass is 9.68. The van der Waals surface area contributed by atoms with Crippen LogP contribution in [0.2, 0.25) is 0 Å². The molecule has 4 nitrogen and oxygen atoms in total. The number of nitrogens with two attached hydrogens (primary N) is 1. The Kier molecular flexibility index (Phi) is 3.13. The van der Waals surface area contributed by atoms with E-state index in [4.69, 9.17) is 5.84 Å². The summed E-state index contributed by atoms with van der Waals surface area (Å²) in [6.45, 7) is 6.66. The van der Waals surface area contributed by atoms with Gasteiger partial charge >= 0.3 is 0 Å². The average Bonchev–Trinajstić information content (AvgIpc) is 2.88. The third-order valence-corrected chi connectivity index (χ3v) is 5.62. The SMILES string of the molecule is CC12CCC(C1)C(C)(C)C2Nc1nc(NN)c(F)cc1F. The molecule has 2 saturated carbocycles. The van der Waals surface area contributed by atoms with E-state index in [9.17, 15) is 8.78 Å². The van der Waals surface area contributed by atoms with Gasteiger partial charge in [0.15, 0.2) is 23.3 Å². The number of nitrogens with one attached hydrogen (secondary N) is 2. The molecule has 4 N–H and O–H groups in total. The molecule has 1 aromatic heterocycles. The maximum absolute atomic E-state index is 14.0. The summed E-state index contributed by atoms with van der Waals surface area (Å²) in [5.74, 6) is 4.29. The predicted molar refractivity (Wildman–Crippen MR) is 78.6 cm³/mol. The number of halogens is 2. The van der Waals surface area contributed by atoms with Crippen LogP contribution in [0.3, 0.4) is 0 Å². The Labute approximate surface area is 123 Å². The number of hydrazine groups is 1. The number of pyridine rings is 1. The minimum Gasteiger partial charge on any atom is -0.364 e. The van der Waals surface area contributed by atoms with Gasteiger partial charge in [0.2, 0.25) is 0 Å². The van der Waals surface area contributed by atoms with E-state index in [0.29, 0.717) is 5.92 Å². The van der Waals surface area contributed by atoms with Gasteiger partial charge in [0, 0.05) is 12.1 Å². The van der Waals surface area contributed by atoms with Crippen molar-refractivity contribution in [2.75, 3.05) is 10.7 Å². The number of fused-ring (bicyclic) bond motifs is 2. The van der Waals surface area contributed by atoms with E-state index in [1.165, 1.54) is 6.42 Å². The minimum atomic E-state index is -0.793. The molecule has 0 radical (unpaired) electrons. The Morgan fingerprint density at radius 2 is 1.90 bits per heavy atom. The summed E-state index contributed by atoms with van der Waals surface area (Å²) in [7, 11) is 0. The van der Waals surface area contributed by atoms with Crippen LogP contribution in [0.1, 0.15) is 40.0 Å². The maximum Gasteiger partial charge on any atom is 0.178 e. The van der Waals surface area contributed by atoms with Crippen LogP contribution in [0.25, 0.3) is 0 Å². The van der Waals surface area contributed by atoms with E-state index < -0.39 is 11.6 Å². The fourth-order valence-electron chi connectivity index (χ4n) is 4.47. The summed E-state index contributed by atoms with van der Waals surface area (Å²) in [4.78, 5) is 3.94. The molecular formula is C15H22F2N4. The molecule has 0 amide bonds. The van der Waals surface area contributed by atoms with Gasteiger partial charge in [-0.1, -0.05) is 20.8 Å². The molecule has 116 valence electrons. The van der Waals surface area contributed by atoms with E-state index in [2.05, 4.69) is 36.5 Å². The van der Waals surface area contributed by atoms with Crippen molar-refractivity contribution < 1.29 is 8.78 Å². The van der Waals surface area contributed by atoms with E-state index >= 15 is 0 Å². The molecule has 3 atom stereocenters. The van der Waals surface area contributed by atoms with Gasteiger partial charge in [0.1, 0.15) is 0 Å². The van der Waals surface area contributed by atoms with Crippen molar-refractivity contribution in [2.24, 2.45) is 22.6 Å². The quantitative estimate of drug-likeness (QED) is 0.592. The van der Waals surface area contributed by atoms with Gasteiger partial charge in [0.05, 0.1) is 0 Å². The topological polar surface area (TPSA) is 63.0 Å². The second-order valence-corrected chi connectivity index (χ2v) is 7.29.